The standard InChI is InChI=1S/C35H31F3N2/c1-34(2,3)31-20-27(19-26-6-4-5-7-28(26)31)32-21-30(33(40-39-32)35(36,37)38)29-18-24-13-12-22-8-10-23(11-9-22)14-16-25(29)17-15-24/h4-11,15,17-21H,12-14,16H2,1-3H3. The van der Waals surface area contributed by atoms with Crippen molar-refractivity contribution in [2.24, 2.45) is 0 Å². The van der Waals surface area contributed by atoms with Crippen molar-refractivity contribution in [1.82, 2.24) is 10.2 Å². The summed E-state index contributed by atoms with van der Waals surface area (Å²) in [6.45, 7) is 6.42. The Morgan fingerprint density at radius 3 is 1.98 bits per heavy atom. The number of hydrogen-bond acceptors (Lipinski definition) is 2. The van der Waals surface area contributed by atoms with E-state index in [9.17, 15) is 13.2 Å². The number of fused-ring (bicyclic) bond motifs is 1. The van der Waals surface area contributed by atoms with Gasteiger partial charge in [-0.25, -0.2) is 0 Å². The van der Waals surface area contributed by atoms with Crippen molar-refractivity contribution in [2.45, 2.75) is 58.0 Å². The second-order valence-corrected chi connectivity index (χ2v) is 11.8. The van der Waals surface area contributed by atoms with Crippen LogP contribution in [0.1, 0.15) is 54.3 Å². The summed E-state index contributed by atoms with van der Waals surface area (Å²) in [7, 11) is 0. The minimum atomic E-state index is -4.63. The van der Waals surface area contributed by atoms with Gasteiger partial charge in [0.05, 0.1) is 5.69 Å². The number of halogens is 3. The normalized spacial score (nSPS) is 13.8. The third kappa shape index (κ3) is 5.13. The Bertz CT molecular complexity index is 1710. The largest absolute Gasteiger partial charge is 0.435 e. The molecule has 0 aliphatic heterocycles. The Morgan fingerprint density at radius 1 is 0.625 bits per heavy atom. The van der Waals surface area contributed by atoms with Gasteiger partial charge in [-0.3, -0.25) is 0 Å². The summed E-state index contributed by atoms with van der Waals surface area (Å²) in [5.41, 5.74) is 6.18. The molecule has 40 heavy (non-hydrogen) atoms. The number of alkyl halides is 3. The number of aryl methyl sites for hydroxylation is 4. The Labute approximate surface area is 232 Å². The van der Waals surface area contributed by atoms with Gasteiger partial charge in [-0.05, 0) is 93.5 Å². The Morgan fingerprint density at radius 2 is 1.27 bits per heavy atom. The molecule has 0 fully saturated rings. The lowest BCUT2D eigenvalue weighted by Crippen LogP contribution is -2.14. The fourth-order valence-corrected chi connectivity index (χ4v) is 5.71. The van der Waals surface area contributed by atoms with E-state index in [-0.39, 0.29) is 11.0 Å². The highest BCUT2D eigenvalue weighted by Crippen LogP contribution is 2.40. The van der Waals surface area contributed by atoms with Gasteiger partial charge in [0.15, 0.2) is 5.69 Å². The van der Waals surface area contributed by atoms with E-state index in [1.165, 1.54) is 11.1 Å². The molecule has 0 saturated heterocycles. The van der Waals surface area contributed by atoms with Gasteiger partial charge >= 0.3 is 6.18 Å². The van der Waals surface area contributed by atoms with E-state index in [2.05, 4.69) is 73.4 Å². The second-order valence-electron chi connectivity index (χ2n) is 11.8. The molecule has 0 N–H and O–H groups in total. The number of rotatable bonds is 2. The summed E-state index contributed by atoms with van der Waals surface area (Å²) in [6.07, 6.45) is -1.67. The predicted molar refractivity (Wildman–Crippen MR) is 155 cm³/mol. The highest BCUT2D eigenvalue weighted by atomic mass is 19.4. The average Bonchev–Trinajstić information content (AvgIpc) is 2.92. The molecule has 5 aromatic rings. The molecule has 1 aromatic heterocycles. The molecule has 4 aromatic carbocycles. The molecule has 2 nitrogen and oxygen atoms in total. The molecule has 202 valence electrons. The third-order valence-corrected chi connectivity index (χ3v) is 7.90. The molecule has 0 unspecified atom stereocenters. The van der Waals surface area contributed by atoms with Gasteiger partial charge in [0.25, 0.3) is 0 Å². The van der Waals surface area contributed by atoms with Crippen molar-refractivity contribution in [3.63, 3.8) is 0 Å². The lowest BCUT2D eigenvalue weighted by Gasteiger charge is -2.23. The van der Waals surface area contributed by atoms with Crippen LogP contribution in [0.3, 0.4) is 0 Å². The molecule has 0 radical (unpaired) electrons. The average molecular weight is 537 g/mol. The Kier molecular flexibility index (Phi) is 6.48. The number of hydrogen-bond donors (Lipinski definition) is 0. The van der Waals surface area contributed by atoms with Gasteiger partial charge in [0.1, 0.15) is 0 Å². The maximum Gasteiger partial charge on any atom is 0.435 e. The van der Waals surface area contributed by atoms with Gasteiger partial charge in [-0.2, -0.15) is 13.2 Å². The minimum absolute atomic E-state index is 0.0887. The van der Waals surface area contributed by atoms with E-state index in [0.29, 0.717) is 17.7 Å². The lowest BCUT2D eigenvalue weighted by molar-refractivity contribution is -0.141. The molecule has 0 atom stereocenters. The van der Waals surface area contributed by atoms with Crippen LogP contribution in [0.4, 0.5) is 13.2 Å². The van der Waals surface area contributed by atoms with E-state index < -0.39 is 11.9 Å². The molecular weight excluding hydrogens is 505 g/mol. The Hall–Kier alpha value is -3.99. The van der Waals surface area contributed by atoms with Gasteiger partial charge < -0.3 is 0 Å². The summed E-state index contributed by atoms with van der Waals surface area (Å²) in [5.74, 6) is 0. The van der Waals surface area contributed by atoms with Gasteiger partial charge in [0.2, 0.25) is 0 Å². The molecule has 4 aliphatic rings. The van der Waals surface area contributed by atoms with Gasteiger partial charge in [-0.15, -0.1) is 10.2 Å². The zero-order valence-electron chi connectivity index (χ0n) is 22.9. The zero-order valence-corrected chi connectivity index (χ0v) is 22.9. The van der Waals surface area contributed by atoms with Crippen LogP contribution < -0.4 is 0 Å². The van der Waals surface area contributed by atoms with Crippen LogP contribution in [0.2, 0.25) is 0 Å². The quantitative estimate of drug-likeness (QED) is 0.225. The highest BCUT2D eigenvalue weighted by Gasteiger charge is 2.37. The van der Waals surface area contributed by atoms with Crippen molar-refractivity contribution in [3.05, 3.63) is 118 Å². The van der Waals surface area contributed by atoms with Crippen LogP contribution in [0.25, 0.3) is 33.2 Å². The van der Waals surface area contributed by atoms with Crippen LogP contribution in [0.5, 0.6) is 0 Å². The number of aromatic nitrogens is 2. The summed E-state index contributed by atoms with van der Waals surface area (Å²) < 4.78 is 43.2. The van der Waals surface area contributed by atoms with Crippen molar-refractivity contribution in [3.8, 4) is 22.4 Å². The predicted octanol–water partition coefficient (Wildman–Crippen LogP) is 9.16. The fraction of sp³-hybridized carbons (Fsp3) is 0.257. The number of nitrogens with zero attached hydrogens (tertiary/aromatic N) is 2. The highest BCUT2D eigenvalue weighted by molar-refractivity contribution is 5.91. The molecular formula is C35H31F3N2. The summed E-state index contributed by atoms with van der Waals surface area (Å²) in [5, 5.41) is 10.1. The molecule has 1 heterocycles. The minimum Gasteiger partial charge on any atom is -0.164 e. The maximum absolute atomic E-state index is 14.4. The summed E-state index contributed by atoms with van der Waals surface area (Å²) in [6, 6.07) is 28.3. The summed E-state index contributed by atoms with van der Waals surface area (Å²) >= 11 is 0. The first kappa shape index (κ1) is 26.2. The first-order valence-corrected chi connectivity index (χ1v) is 13.7. The fourth-order valence-electron chi connectivity index (χ4n) is 5.71. The van der Waals surface area contributed by atoms with Crippen LogP contribution in [0.15, 0.2) is 84.9 Å². The van der Waals surface area contributed by atoms with Crippen molar-refractivity contribution in [2.75, 3.05) is 0 Å². The maximum atomic E-state index is 14.4. The topological polar surface area (TPSA) is 25.8 Å². The second kappa shape index (κ2) is 9.88. The lowest BCUT2D eigenvalue weighted by atomic mass is 9.82. The summed E-state index contributed by atoms with van der Waals surface area (Å²) in [4.78, 5) is 0. The molecule has 4 bridgehead atoms. The van der Waals surface area contributed by atoms with E-state index in [1.807, 2.05) is 36.4 Å². The molecule has 9 rings (SSSR count). The first-order valence-electron chi connectivity index (χ1n) is 13.7. The van der Waals surface area contributed by atoms with E-state index in [1.54, 1.807) is 6.07 Å². The molecule has 0 saturated carbocycles. The molecule has 0 amide bonds. The van der Waals surface area contributed by atoms with Crippen LogP contribution in [-0.2, 0) is 37.3 Å². The third-order valence-electron chi connectivity index (χ3n) is 7.90. The van der Waals surface area contributed by atoms with Crippen molar-refractivity contribution >= 4 is 10.8 Å². The smallest absolute Gasteiger partial charge is 0.164 e. The molecule has 0 spiro atoms. The van der Waals surface area contributed by atoms with Crippen molar-refractivity contribution < 1.29 is 13.2 Å². The van der Waals surface area contributed by atoms with Gasteiger partial charge in [-0.1, -0.05) is 87.5 Å². The first-order chi connectivity index (χ1) is 19.1. The van der Waals surface area contributed by atoms with Gasteiger partial charge in [0, 0.05) is 11.1 Å². The van der Waals surface area contributed by atoms with E-state index in [0.717, 1.165) is 52.3 Å². The zero-order chi connectivity index (χ0) is 28.1. The van der Waals surface area contributed by atoms with Crippen molar-refractivity contribution in [1.29, 1.82) is 0 Å². The number of benzene rings is 4. The SMILES string of the molecule is CC(C)(C)c1cc(-c2cc(-c3cc4ccc3CCc3ccc(cc3)CC4)c(C(F)(F)F)nn2)cc2ccccc12. The molecule has 5 heteroatoms. The monoisotopic (exact) mass is 536 g/mol. The van der Waals surface area contributed by atoms with Crippen LogP contribution >= 0.6 is 0 Å². The van der Waals surface area contributed by atoms with Crippen LogP contribution in [0, 0.1) is 0 Å². The molecule has 4 aliphatic carbocycles. The Balaban J connectivity index is 1.54. The van der Waals surface area contributed by atoms with E-state index >= 15 is 0 Å². The van der Waals surface area contributed by atoms with E-state index in [4.69, 9.17) is 0 Å². The van der Waals surface area contributed by atoms with Crippen LogP contribution in [-0.4, -0.2) is 10.2 Å².